The highest BCUT2D eigenvalue weighted by Crippen LogP contribution is 2.19. The zero-order valence-corrected chi connectivity index (χ0v) is 13.2. The van der Waals surface area contributed by atoms with Gasteiger partial charge in [-0.05, 0) is 30.9 Å². The third kappa shape index (κ3) is 7.29. The van der Waals surface area contributed by atoms with Crippen molar-refractivity contribution < 1.29 is 9.53 Å². The molecule has 0 aromatic heterocycles. The van der Waals surface area contributed by atoms with Crippen molar-refractivity contribution in [3.63, 3.8) is 0 Å². The highest BCUT2D eigenvalue weighted by atomic mass is 16.5. The van der Waals surface area contributed by atoms with E-state index in [4.69, 9.17) is 4.74 Å². The number of ether oxygens (including phenoxy) is 1. The Balaban J connectivity index is 2.61. The summed E-state index contributed by atoms with van der Waals surface area (Å²) in [6, 6.07) is 10.3. The topological polar surface area (TPSA) is 29.5 Å². The maximum Gasteiger partial charge on any atom is 0.320 e. The standard InChI is InChI=1S/C17H27NO2/c1-5-20-16(19)14-18(12-11-17(2,3)4)13-15-9-7-6-8-10-15/h6-10H,5,11-14H2,1-4H3. The molecule has 0 saturated carbocycles. The lowest BCUT2D eigenvalue weighted by Gasteiger charge is -2.26. The average molecular weight is 277 g/mol. The molecule has 0 fully saturated rings. The van der Waals surface area contributed by atoms with Gasteiger partial charge in [0.25, 0.3) is 0 Å². The number of nitrogens with zero attached hydrogens (tertiary/aromatic N) is 1. The van der Waals surface area contributed by atoms with Crippen LogP contribution >= 0.6 is 0 Å². The summed E-state index contributed by atoms with van der Waals surface area (Å²) in [4.78, 5) is 13.9. The summed E-state index contributed by atoms with van der Waals surface area (Å²) in [6.07, 6.45) is 1.05. The van der Waals surface area contributed by atoms with Crippen molar-refractivity contribution in [3.05, 3.63) is 35.9 Å². The van der Waals surface area contributed by atoms with E-state index in [0.717, 1.165) is 19.5 Å². The van der Waals surface area contributed by atoms with E-state index in [9.17, 15) is 4.79 Å². The normalized spacial score (nSPS) is 11.7. The fourth-order valence-electron chi connectivity index (χ4n) is 1.94. The Morgan fingerprint density at radius 3 is 2.40 bits per heavy atom. The largest absolute Gasteiger partial charge is 0.465 e. The number of carbonyl (C=O) groups excluding carboxylic acids is 1. The van der Waals surface area contributed by atoms with Gasteiger partial charge in [0.1, 0.15) is 0 Å². The Morgan fingerprint density at radius 2 is 1.85 bits per heavy atom. The van der Waals surface area contributed by atoms with Gasteiger partial charge in [-0.15, -0.1) is 0 Å². The first-order chi connectivity index (χ1) is 9.40. The van der Waals surface area contributed by atoms with Crippen LogP contribution in [-0.4, -0.2) is 30.6 Å². The van der Waals surface area contributed by atoms with Gasteiger partial charge < -0.3 is 4.74 Å². The number of benzene rings is 1. The fourth-order valence-corrected chi connectivity index (χ4v) is 1.94. The van der Waals surface area contributed by atoms with E-state index in [2.05, 4.69) is 37.8 Å². The first kappa shape index (κ1) is 16.7. The van der Waals surface area contributed by atoms with Crippen molar-refractivity contribution >= 4 is 5.97 Å². The molecule has 0 N–H and O–H groups in total. The molecule has 1 aromatic carbocycles. The van der Waals surface area contributed by atoms with Crippen LogP contribution in [0.15, 0.2) is 30.3 Å². The molecule has 1 aromatic rings. The zero-order chi connectivity index (χ0) is 15.0. The highest BCUT2D eigenvalue weighted by Gasteiger charge is 2.16. The summed E-state index contributed by atoms with van der Waals surface area (Å²) in [5.74, 6) is -0.141. The smallest absolute Gasteiger partial charge is 0.320 e. The van der Waals surface area contributed by atoms with Crippen molar-refractivity contribution in [1.29, 1.82) is 0 Å². The summed E-state index contributed by atoms with van der Waals surface area (Å²) in [5.41, 5.74) is 1.49. The predicted molar refractivity (Wildman–Crippen MR) is 82.4 cm³/mol. The van der Waals surface area contributed by atoms with Crippen LogP contribution in [0.25, 0.3) is 0 Å². The minimum absolute atomic E-state index is 0.141. The molecular formula is C17H27NO2. The van der Waals surface area contributed by atoms with Crippen LogP contribution in [0.1, 0.15) is 39.7 Å². The molecule has 3 nitrogen and oxygen atoms in total. The van der Waals surface area contributed by atoms with E-state index in [-0.39, 0.29) is 11.4 Å². The van der Waals surface area contributed by atoms with Crippen molar-refractivity contribution in [2.24, 2.45) is 5.41 Å². The van der Waals surface area contributed by atoms with Crippen LogP contribution in [0, 0.1) is 5.41 Å². The van der Waals surface area contributed by atoms with Crippen molar-refractivity contribution in [2.45, 2.75) is 40.7 Å². The predicted octanol–water partition coefficient (Wildman–Crippen LogP) is 3.49. The molecule has 0 spiro atoms. The van der Waals surface area contributed by atoms with E-state index in [0.29, 0.717) is 13.2 Å². The average Bonchev–Trinajstić information content (AvgIpc) is 2.36. The van der Waals surface area contributed by atoms with Crippen LogP contribution in [-0.2, 0) is 16.1 Å². The molecule has 20 heavy (non-hydrogen) atoms. The van der Waals surface area contributed by atoms with Gasteiger partial charge in [0.2, 0.25) is 0 Å². The summed E-state index contributed by atoms with van der Waals surface area (Å²) in [6.45, 7) is 11.0. The Bertz CT molecular complexity index is 395. The lowest BCUT2D eigenvalue weighted by atomic mass is 9.92. The van der Waals surface area contributed by atoms with Gasteiger partial charge >= 0.3 is 5.97 Å². The van der Waals surface area contributed by atoms with Crippen LogP contribution in [0.4, 0.5) is 0 Å². The number of hydrogen-bond donors (Lipinski definition) is 0. The molecule has 0 bridgehead atoms. The Labute approximate surface area is 122 Å². The highest BCUT2D eigenvalue weighted by molar-refractivity contribution is 5.71. The van der Waals surface area contributed by atoms with E-state index in [1.54, 1.807) is 0 Å². The lowest BCUT2D eigenvalue weighted by molar-refractivity contribution is -0.144. The molecular weight excluding hydrogens is 250 g/mol. The second kappa shape index (κ2) is 8.05. The van der Waals surface area contributed by atoms with Crippen molar-refractivity contribution in [1.82, 2.24) is 4.90 Å². The summed E-state index contributed by atoms with van der Waals surface area (Å²) >= 11 is 0. The van der Waals surface area contributed by atoms with E-state index in [1.807, 2.05) is 25.1 Å². The van der Waals surface area contributed by atoms with Gasteiger partial charge in [-0.25, -0.2) is 0 Å². The van der Waals surface area contributed by atoms with E-state index >= 15 is 0 Å². The third-order valence-corrected chi connectivity index (χ3v) is 3.09. The molecule has 0 heterocycles. The molecule has 112 valence electrons. The second-order valence-corrected chi connectivity index (χ2v) is 6.31. The summed E-state index contributed by atoms with van der Waals surface area (Å²) < 4.78 is 5.06. The number of carbonyl (C=O) groups is 1. The van der Waals surface area contributed by atoms with Gasteiger partial charge in [0, 0.05) is 6.54 Å². The van der Waals surface area contributed by atoms with Crippen LogP contribution in [0.2, 0.25) is 0 Å². The fraction of sp³-hybridized carbons (Fsp3) is 0.588. The Hall–Kier alpha value is -1.35. The van der Waals surface area contributed by atoms with Crippen molar-refractivity contribution in [2.75, 3.05) is 19.7 Å². The van der Waals surface area contributed by atoms with Gasteiger partial charge in [-0.3, -0.25) is 9.69 Å². The van der Waals surface area contributed by atoms with Crippen molar-refractivity contribution in [3.8, 4) is 0 Å². The Morgan fingerprint density at radius 1 is 1.20 bits per heavy atom. The third-order valence-electron chi connectivity index (χ3n) is 3.09. The van der Waals surface area contributed by atoms with Crippen LogP contribution < -0.4 is 0 Å². The Kier molecular flexibility index (Phi) is 6.73. The molecule has 0 aliphatic rings. The molecule has 0 radical (unpaired) electrons. The molecule has 1 rings (SSSR count). The van der Waals surface area contributed by atoms with Crippen LogP contribution in [0.5, 0.6) is 0 Å². The van der Waals surface area contributed by atoms with E-state index in [1.165, 1.54) is 5.56 Å². The first-order valence-corrected chi connectivity index (χ1v) is 7.32. The quantitative estimate of drug-likeness (QED) is 0.715. The number of rotatable bonds is 7. The molecule has 0 amide bonds. The SMILES string of the molecule is CCOC(=O)CN(CCC(C)(C)C)Cc1ccccc1. The molecule has 0 unspecified atom stereocenters. The monoisotopic (exact) mass is 277 g/mol. The maximum atomic E-state index is 11.7. The summed E-state index contributed by atoms with van der Waals surface area (Å²) in [7, 11) is 0. The van der Waals surface area contributed by atoms with Gasteiger partial charge in [0.05, 0.1) is 13.2 Å². The van der Waals surface area contributed by atoms with Crippen LogP contribution in [0.3, 0.4) is 0 Å². The number of esters is 1. The molecule has 0 aliphatic carbocycles. The minimum Gasteiger partial charge on any atom is -0.465 e. The zero-order valence-electron chi connectivity index (χ0n) is 13.2. The van der Waals surface area contributed by atoms with Gasteiger partial charge in [-0.2, -0.15) is 0 Å². The first-order valence-electron chi connectivity index (χ1n) is 7.32. The van der Waals surface area contributed by atoms with E-state index < -0.39 is 0 Å². The maximum absolute atomic E-state index is 11.7. The molecule has 0 saturated heterocycles. The lowest BCUT2D eigenvalue weighted by Crippen LogP contribution is -2.33. The summed E-state index contributed by atoms with van der Waals surface area (Å²) in [5, 5.41) is 0. The second-order valence-electron chi connectivity index (χ2n) is 6.31. The molecule has 0 atom stereocenters. The molecule has 0 aliphatic heterocycles. The van der Waals surface area contributed by atoms with Gasteiger partial charge in [-0.1, -0.05) is 51.1 Å². The minimum atomic E-state index is -0.141. The number of hydrogen-bond acceptors (Lipinski definition) is 3. The van der Waals surface area contributed by atoms with Gasteiger partial charge in [0.15, 0.2) is 0 Å². The molecule has 3 heteroatoms.